The van der Waals surface area contributed by atoms with Crippen LogP contribution in [0.15, 0.2) is 0 Å². The van der Waals surface area contributed by atoms with E-state index < -0.39 is 73.1 Å². The van der Waals surface area contributed by atoms with E-state index in [0.29, 0.717) is 0 Å². The van der Waals surface area contributed by atoms with Gasteiger partial charge in [-0.25, -0.2) is 0 Å². The summed E-state index contributed by atoms with van der Waals surface area (Å²) in [7, 11) is 0. The first kappa shape index (κ1) is 23.8. The number of primary amides is 1. The molecule has 27 heavy (non-hydrogen) atoms. The summed E-state index contributed by atoms with van der Waals surface area (Å²) >= 11 is 0. The van der Waals surface area contributed by atoms with Crippen LogP contribution in [0.2, 0.25) is 0 Å². The van der Waals surface area contributed by atoms with Gasteiger partial charge in [-0.2, -0.15) is 0 Å². The number of hydrogen-bond donors (Lipinski definition) is 7. The van der Waals surface area contributed by atoms with Gasteiger partial charge in [-0.05, 0) is 13.3 Å². The van der Waals surface area contributed by atoms with E-state index in [4.69, 9.17) is 21.7 Å². The quantitative estimate of drug-likeness (QED) is 0.173. The van der Waals surface area contributed by atoms with Gasteiger partial charge in [0.25, 0.3) is 0 Å². The highest BCUT2D eigenvalue weighted by molar-refractivity contribution is 5.95. The van der Waals surface area contributed by atoms with Crippen LogP contribution < -0.4 is 27.4 Å². The molecule has 0 unspecified atom stereocenters. The number of carbonyl (C=O) groups is 6. The summed E-state index contributed by atoms with van der Waals surface area (Å²) in [4.78, 5) is 68.3. The third-order valence-corrected chi connectivity index (χ3v) is 3.14. The van der Waals surface area contributed by atoms with Crippen LogP contribution in [0.4, 0.5) is 0 Å². The molecule has 0 aromatic carbocycles. The minimum absolute atomic E-state index is 0.317. The van der Waals surface area contributed by atoms with Crippen LogP contribution >= 0.6 is 0 Å². The number of carbonyl (C=O) groups excluding carboxylic acids is 4. The minimum atomic E-state index is -1.58. The number of carboxylic acids is 2. The first-order valence-corrected chi connectivity index (χ1v) is 7.80. The molecule has 3 atom stereocenters. The zero-order valence-corrected chi connectivity index (χ0v) is 14.6. The van der Waals surface area contributed by atoms with Crippen molar-refractivity contribution in [3.63, 3.8) is 0 Å². The summed E-state index contributed by atoms with van der Waals surface area (Å²) in [6.45, 7) is 0.765. The SMILES string of the molecule is C[C@H](N)C(=O)N[C@@H](CCC(=O)O)C(=O)N[C@@H](CC(=O)O)C(=O)NCC(N)=O. The number of hydrogen-bond acceptors (Lipinski definition) is 7. The van der Waals surface area contributed by atoms with Crippen molar-refractivity contribution >= 4 is 35.6 Å². The Morgan fingerprint density at radius 1 is 0.889 bits per heavy atom. The molecule has 0 aromatic rings. The summed E-state index contributed by atoms with van der Waals surface area (Å²) in [5.41, 5.74) is 10.2. The number of nitrogens with one attached hydrogen (secondary N) is 3. The predicted molar refractivity (Wildman–Crippen MR) is 88.8 cm³/mol. The second-order valence-corrected chi connectivity index (χ2v) is 5.63. The third kappa shape index (κ3) is 10.4. The van der Waals surface area contributed by atoms with Gasteiger partial charge >= 0.3 is 11.9 Å². The summed E-state index contributed by atoms with van der Waals surface area (Å²) < 4.78 is 0. The van der Waals surface area contributed by atoms with Crippen molar-refractivity contribution in [2.75, 3.05) is 6.54 Å². The van der Waals surface area contributed by atoms with Crippen LogP contribution in [-0.2, 0) is 28.8 Å². The Morgan fingerprint density at radius 2 is 1.44 bits per heavy atom. The van der Waals surface area contributed by atoms with Crippen molar-refractivity contribution in [1.82, 2.24) is 16.0 Å². The normalized spacial score (nSPS) is 13.6. The number of rotatable bonds is 12. The molecule has 0 spiro atoms. The van der Waals surface area contributed by atoms with Crippen LogP contribution in [0.3, 0.4) is 0 Å². The highest BCUT2D eigenvalue weighted by Gasteiger charge is 2.29. The lowest BCUT2D eigenvalue weighted by Crippen LogP contribution is -2.56. The Balaban J connectivity index is 5.21. The minimum Gasteiger partial charge on any atom is -0.481 e. The van der Waals surface area contributed by atoms with Crippen LogP contribution in [-0.4, -0.2) is 70.5 Å². The molecule has 0 aliphatic heterocycles. The Labute approximate surface area is 153 Å². The average Bonchev–Trinajstić information content (AvgIpc) is 2.54. The zero-order chi connectivity index (χ0) is 21.1. The fourth-order valence-electron chi connectivity index (χ4n) is 1.79. The van der Waals surface area contributed by atoms with E-state index in [9.17, 15) is 28.8 Å². The first-order valence-electron chi connectivity index (χ1n) is 7.80. The first-order chi connectivity index (χ1) is 12.4. The van der Waals surface area contributed by atoms with Gasteiger partial charge in [0.1, 0.15) is 12.1 Å². The van der Waals surface area contributed by atoms with E-state index >= 15 is 0 Å². The predicted octanol–water partition coefficient (Wildman–Crippen LogP) is -3.76. The molecule has 0 aliphatic carbocycles. The molecule has 0 saturated heterocycles. The maximum atomic E-state index is 12.3. The van der Waals surface area contributed by atoms with Crippen LogP contribution in [0.1, 0.15) is 26.2 Å². The van der Waals surface area contributed by atoms with Crippen molar-refractivity contribution in [3.8, 4) is 0 Å². The van der Waals surface area contributed by atoms with Gasteiger partial charge in [0.2, 0.25) is 23.6 Å². The van der Waals surface area contributed by atoms with Crippen LogP contribution in [0.5, 0.6) is 0 Å². The monoisotopic (exact) mass is 389 g/mol. The molecule has 0 aromatic heterocycles. The molecule has 13 nitrogen and oxygen atoms in total. The molecular formula is C14H23N5O8. The highest BCUT2D eigenvalue weighted by Crippen LogP contribution is 2.02. The van der Waals surface area contributed by atoms with Crippen molar-refractivity contribution in [3.05, 3.63) is 0 Å². The topological polar surface area (TPSA) is 231 Å². The highest BCUT2D eigenvalue weighted by atomic mass is 16.4. The van der Waals surface area contributed by atoms with Crippen molar-refractivity contribution in [1.29, 1.82) is 0 Å². The van der Waals surface area contributed by atoms with Crippen molar-refractivity contribution in [2.45, 2.75) is 44.3 Å². The van der Waals surface area contributed by atoms with Gasteiger partial charge in [0, 0.05) is 6.42 Å². The Bertz CT molecular complexity index is 606. The van der Waals surface area contributed by atoms with E-state index in [0.717, 1.165) is 0 Å². The Morgan fingerprint density at radius 3 is 1.89 bits per heavy atom. The number of aliphatic carboxylic acids is 2. The van der Waals surface area contributed by atoms with E-state index in [1.807, 2.05) is 5.32 Å². The van der Waals surface area contributed by atoms with Gasteiger partial charge in [-0.3, -0.25) is 28.8 Å². The lowest BCUT2D eigenvalue weighted by atomic mass is 10.1. The summed E-state index contributed by atoms with van der Waals surface area (Å²) in [5, 5.41) is 24.0. The third-order valence-electron chi connectivity index (χ3n) is 3.14. The van der Waals surface area contributed by atoms with Crippen molar-refractivity contribution in [2.24, 2.45) is 11.5 Å². The van der Waals surface area contributed by atoms with E-state index in [1.165, 1.54) is 6.92 Å². The van der Waals surface area contributed by atoms with Gasteiger partial charge in [-0.15, -0.1) is 0 Å². The van der Waals surface area contributed by atoms with E-state index in [-0.39, 0.29) is 6.42 Å². The largest absolute Gasteiger partial charge is 0.481 e. The molecule has 0 aliphatic rings. The second-order valence-electron chi connectivity index (χ2n) is 5.63. The lowest BCUT2D eigenvalue weighted by molar-refractivity contribution is -0.141. The van der Waals surface area contributed by atoms with Crippen LogP contribution in [0, 0.1) is 0 Å². The number of amides is 4. The molecule has 4 amide bonds. The smallest absolute Gasteiger partial charge is 0.305 e. The van der Waals surface area contributed by atoms with Crippen LogP contribution in [0.25, 0.3) is 0 Å². The number of nitrogens with two attached hydrogens (primary N) is 2. The maximum Gasteiger partial charge on any atom is 0.305 e. The standard InChI is InChI=1S/C14H23N5O8/c1-6(15)12(25)18-7(2-3-10(21)22)14(27)19-8(4-11(23)24)13(26)17-5-9(16)20/h6-8H,2-5,15H2,1H3,(H2,16,20)(H,17,26)(H,18,25)(H,19,27)(H,21,22)(H,23,24)/t6-,7-,8-/m0/s1. The molecule has 0 fully saturated rings. The molecule has 0 rings (SSSR count). The molecule has 13 heteroatoms. The van der Waals surface area contributed by atoms with E-state index in [2.05, 4.69) is 10.6 Å². The average molecular weight is 389 g/mol. The Kier molecular flexibility index (Phi) is 10.0. The van der Waals surface area contributed by atoms with Gasteiger partial charge in [0.05, 0.1) is 19.0 Å². The second kappa shape index (κ2) is 11.4. The molecule has 0 bridgehead atoms. The zero-order valence-electron chi connectivity index (χ0n) is 14.6. The summed E-state index contributed by atoms with van der Waals surface area (Å²) in [6, 6.07) is -3.92. The molecule has 0 heterocycles. The fraction of sp³-hybridized carbons (Fsp3) is 0.571. The lowest BCUT2D eigenvalue weighted by Gasteiger charge is -2.22. The molecule has 0 saturated carbocycles. The van der Waals surface area contributed by atoms with Crippen molar-refractivity contribution < 1.29 is 39.0 Å². The maximum absolute atomic E-state index is 12.3. The summed E-state index contributed by atoms with van der Waals surface area (Å²) in [5.74, 6) is -6.24. The van der Waals surface area contributed by atoms with Gasteiger partial charge in [-0.1, -0.05) is 0 Å². The number of carboxylic acid groups (broad SMARTS) is 2. The van der Waals surface area contributed by atoms with E-state index in [1.54, 1.807) is 0 Å². The molecule has 0 radical (unpaired) electrons. The summed E-state index contributed by atoms with van der Waals surface area (Å²) in [6.07, 6.45) is -1.61. The molecule has 152 valence electrons. The molecular weight excluding hydrogens is 366 g/mol. The molecule has 9 N–H and O–H groups in total. The van der Waals surface area contributed by atoms with Gasteiger partial charge in [0.15, 0.2) is 0 Å². The van der Waals surface area contributed by atoms with Gasteiger partial charge < -0.3 is 37.6 Å². The Hall–Kier alpha value is -3.22. The fourth-order valence-corrected chi connectivity index (χ4v) is 1.79.